The molecule has 5 heteroatoms. The molecule has 0 aromatic rings. The number of ether oxygens (including phenoxy) is 1. The van der Waals surface area contributed by atoms with E-state index in [-0.39, 0.29) is 11.3 Å². The predicted molar refractivity (Wildman–Crippen MR) is 78.9 cm³/mol. The SMILES string of the molecule is CC(C)(C)OC(=O)N[C@]1(C)[C@H](C(=O)O)C[C@@H]2C[C@H]1C2(C)C. The maximum Gasteiger partial charge on any atom is 0.408 e. The third-order valence-corrected chi connectivity index (χ3v) is 5.51. The Labute approximate surface area is 126 Å². The fourth-order valence-electron chi connectivity index (χ4n) is 4.26. The number of alkyl carbamates (subject to hydrolysis) is 1. The molecule has 3 fully saturated rings. The predicted octanol–water partition coefficient (Wildman–Crippen LogP) is 3.04. The number of hydrogen-bond donors (Lipinski definition) is 2. The molecule has 1 amide bonds. The Hall–Kier alpha value is -1.26. The van der Waals surface area contributed by atoms with Crippen LogP contribution in [0.3, 0.4) is 0 Å². The van der Waals surface area contributed by atoms with E-state index in [9.17, 15) is 14.7 Å². The number of hydrogen-bond acceptors (Lipinski definition) is 3. The molecule has 4 atom stereocenters. The van der Waals surface area contributed by atoms with Crippen molar-refractivity contribution >= 4 is 12.1 Å². The van der Waals surface area contributed by atoms with Gasteiger partial charge in [-0.2, -0.15) is 0 Å². The molecule has 2 bridgehead atoms. The zero-order valence-electron chi connectivity index (χ0n) is 13.8. The second-order valence-corrected chi connectivity index (χ2v) is 8.34. The number of carbonyl (C=O) groups excluding carboxylic acids is 1. The van der Waals surface area contributed by atoms with Crippen LogP contribution in [0.15, 0.2) is 0 Å². The van der Waals surface area contributed by atoms with Gasteiger partial charge in [-0.1, -0.05) is 13.8 Å². The Kier molecular flexibility index (Phi) is 3.54. The van der Waals surface area contributed by atoms with Gasteiger partial charge in [0.15, 0.2) is 0 Å². The van der Waals surface area contributed by atoms with Gasteiger partial charge in [0.05, 0.1) is 11.5 Å². The summed E-state index contributed by atoms with van der Waals surface area (Å²) in [5.74, 6) is -0.796. The van der Waals surface area contributed by atoms with Crippen LogP contribution in [0.1, 0.15) is 54.4 Å². The quantitative estimate of drug-likeness (QED) is 0.821. The molecule has 0 aliphatic heterocycles. The van der Waals surface area contributed by atoms with Gasteiger partial charge in [0.2, 0.25) is 0 Å². The Bertz CT molecular complexity index is 465. The molecule has 3 aliphatic carbocycles. The highest BCUT2D eigenvalue weighted by molar-refractivity contribution is 5.76. The summed E-state index contributed by atoms with van der Waals surface area (Å²) in [5.41, 5.74) is -1.28. The van der Waals surface area contributed by atoms with Crippen LogP contribution < -0.4 is 5.32 Å². The van der Waals surface area contributed by atoms with Gasteiger partial charge in [0, 0.05) is 0 Å². The highest BCUT2D eigenvalue weighted by atomic mass is 16.6. The number of aliphatic carboxylic acids is 1. The van der Waals surface area contributed by atoms with Crippen molar-refractivity contribution < 1.29 is 19.4 Å². The number of rotatable bonds is 2. The Morgan fingerprint density at radius 1 is 1.19 bits per heavy atom. The zero-order valence-corrected chi connectivity index (χ0v) is 13.8. The smallest absolute Gasteiger partial charge is 0.408 e. The van der Waals surface area contributed by atoms with Crippen LogP contribution >= 0.6 is 0 Å². The van der Waals surface area contributed by atoms with Crippen molar-refractivity contribution in [2.75, 3.05) is 0 Å². The molecule has 0 aromatic carbocycles. The summed E-state index contributed by atoms with van der Waals surface area (Å²) in [6.07, 6.45) is 1.06. The number of carbonyl (C=O) groups is 2. The fraction of sp³-hybridized carbons (Fsp3) is 0.875. The van der Waals surface area contributed by atoms with E-state index in [4.69, 9.17) is 4.74 Å². The molecule has 5 nitrogen and oxygen atoms in total. The van der Waals surface area contributed by atoms with Crippen molar-refractivity contribution in [3.63, 3.8) is 0 Å². The van der Waals surface area contributed by atoms with Crippen molar-refractivity contribution in [1.82, 2.24) is 5.32 Å². The number of fused-ring (bicyclic) bond motifs is 2. The maximum atomic E-state index is 12.1. The number of carboxylic acids is 1. The lowest BCUT2D eigenvalue weighted by Crippen LogP contribution is -2.72. The number of nitrogens with one attached hydrogen (secondary N) is 1. The van der Waals surface area contributed by atoms with Gasteiger partial charge in [0.25, 0.3) is 0 Å². The van der Waals surface area contributed by atoms with Crippen LogP contribution in [0.2, 0.25) is 0 Å². The molecule has 0 spiro atoms. The van der Waals surface area contributed by atoms with Gasteiger partial charge < -0.3 is 15.2 Å². The molecule has 3 saturated carbocycles. The summed E-state index contributed by atoms with van der Waals surface area (Å²) in [4.78, 5) is 23.8. The van der Waals surface area contributed by atoms with Gasteiger partial charge >= 0.3 is 12.1 Å². The van der Waals surface area contributed by atoms with Crippen LogP contribution in [0, 0.1) is 23.2 Å². The molecule has 0 radical (unpaired) electrons. The van der Waals surface area contributed by atoms with Crippen molar-refractivity contribution in [3.8, 4) is 0 Å². The molecule has 0 aromatic heterocycles. The minimum Gasteiger partial charge on any atom is -0.481 e. The van der Waals surface area contributed by atoms with Crippen LogP contribution in [0.25, 0.3) is 0 Å². The van der Waals surface area contributed by atoms with Crippen molar-refractivity contribution in [3.05, 3.63) is 0 Å². The van der Waals surface area contributed by atoms with E-state index in [1.807, 2.05) is 6.92 Å². The molecule has 21 heavy (non-hydrogen) atoms. The van der Waals surface area contributed by atoms with Crippen molar-refractivity contribution in [2.45, 2.75) is 65.5 Å². The lowest BCUT2D eigenvalue weighted by molar-refractivity contribution is -0.178. The van der Waals surface area contributed by atoms with E-state index >= 15 is 0 Å². The van der Waals surface area contributed by atoms with Gasteiger partial charge in [0.1, 0.15) is 5.60 Å². The Morgan fingerprint density at radius 3 is 2.19 bits per heavy atom. The van der Waals surface area contributed by atoms with Gasteiger partial charge in [-0.05, 0) is 57.8 Å². The van der Waals surface area contributed by atoms with Crippen molar-refractivity contribution in [2.24, 2.45) is 23.2 Å². The van der Waals surface area contributed by atoms with Gasteiger partial charge in [-0.25, -0.2) is 4.79 Å². The van der Waals surface area contributed by atoms with Crippen LogP contribution in [0.5, 0.6) is 0 Å². The highest BCUT2D eigenvalue weighted by Gasteiger charge is 2.65. The Balaban J connectivity index is 2.22. The summed E-state index contributed by atoms with van der Waals surface area (Å²) in [6, 6.07) is 0. The lowest BCUT2D eigenvalue weighted by atomic mass is 9.41. The fourth-order valence-corrected chi connectivity index (χ4v) is 4.26. The van der Waals surface area contributed by atoms with Gasteiger partial charge in [-0.15, -0.1) is 0 Å². The second kappa shape index (κ2) is 4.62. The summed E-state index contributed by atoms with van der Waals surface area (Å²) < 4.78 is 5.32. The highest BCUT2D eigenvalue weighted by Crippen LogP contribution is 2.64. The lowest BCUT2D eigenvalue weighted by Gasteiger charge is -2.66. The first-order valence-electron chi connectivity index (χ1n) is 7.62. The van der Waals surface area contributed by atoms with E-state index in [0.717, 1.165) is 6.42 Å². The number of amides is 1. The van der Waals surface area contributed by atoms with E-state index in [1.54, 1.807) is 20.8 Å². The van der Waals surface area contributed by atoms with Crippen LogP contribution in [-0.2, 0) is 9.53 Å². The minimum absolute atomic E-state index is 0.0652. The molecule has 3 rings (SSSR count). The monoisotopic (exact) mass is 297 g/mol. The molecule has 120 valence electrons. The normalized spacial score (nSPS) is 37.3. The summed E-state index contributed by atoms with van der Waals surface area (Å²) in [7, 11) is 0. The third kappa shape index (κ3) is 2.62. The zero-order chi connectivity index (χ0) is 16.2. The molecule has 0 unspecified atom stereocenters. The van der Waals surface area contributed by atoms with E-state index in [2.05, 4.69) is 19.2 Å². The molecule has 2 N–H and O–H groups in total. The largest absolute Gasteiger partial charge is 0.481 e. The first-order chi connectivity index (χ1) is 9.38. The minimum atomic E-state index is -0.834. The van der Waals surface area contributed by atoms with Crippen LogP contribution in [-0.4, -0.2) is 28.3 Å². The molecular formula is C16H27NO4. The second-order valence-electron chi connectivity index (χ2n) is 8.34. The van der Waals surface area contributed by atoms with Crippen LogP contribution in [0.4, 0.5) is 4.79 Å². The summed E-state index contributed by atoms with van der Waals surface area (Å²) in [5, 5.41) is 12.4. The summed E-state index contributed by atoms with van der Waals surface area (Å²) >= 11 is 0. The van der Waals surface area contributed by atoms with Gasteiger partial charge in [-0.3, -0.25) is 4.79 Å². The molecule has 0 heterocycles. The average molecular weight is 297 g/mol. The first-order valence-corrected chi connectivity index (χ1v) is 7.62. The van der Waals surface area contributed by atoms with E-state index in [0.29, 0.717) is 12.3 Å². The topological polar surface area (TPSA) is 75.6 Å². The average Bonchev–Trinajstić information content (AvgIpc) is 2.23. The standard InChI is InChI=1S/C16H27NO4/c1-14(2,3)21-13(20)17-16(6)10(12(18)19)7-9-8-11(16)15(9,4)5/h9-11H,7-8H2,1-6H3,(H,17,20)(H,18,19)/t9-,10+,11+,16-/m1/s1. The summed E-state index contributed by atoms with van der Waals surface area (Å²) in [6.45, 7) is 11.6. The molecule has 0 saturated heterocycles. The number of carboxylic acid groups (broad SMARTS) is 1. The van der Waals surface area contributed by atoms with Crippen molar-refractivity contribution in [1.29, 1.82) is 0 Å². The first kappa shape index (κ1) is 16.1. The molecule has 3 aliphatic rings. The van der Waals surface area contributed by atoms with E-state index < -0.39 is 29.1 Å². The Morgan fingerprint density at radius 2 is 1.76 bits per heavy atom. The molecular weight excluding hydrogens is 270 g/mol. The van der Waals surface area contributed by atoms with E-state index in [1.165, 1.54) is 0 Å². The maximum absolute atomic E-state index is 12.1. The third-order valence-electron chi connectivity index (χ3n) is 5.51.